The van der Waals surface area contributed by atoms with E-state index < -0.39 is 0 Å². The van der Waals surface area contributed by atoms with Crippen LogP contribution in [0.1, 0.15) is 25.0 Å². The van der Waals surface area contributed by atoms with Gasteiger partial charge in [0.15, 0.2) is 0 Å². The Morgan fingerprint density at radius 2 is 1.75 bits per heavy atom. The maximum atomic E-state index is 12.3. The molecule has 5 heteroatoms. The molecule has 0 N–H and O–H groups in total. The first-order valence-corrected chi connectivity index (χ1v) is 6.82. The lowest BCUT2D eigenvalue weighted by atomic mass is 10.0. The molecule has 20 heavy (non-hydrogen) atoms. The molecule has 0 amide bonds. The molecule has 0 saturated heterocycles. The van der Waals surface area contributed by atoms with Crippen molar-refractivity contribution in [3.8, 4) is 5.69 Å². The third-order valence-corrected chi connectivity index (χ3v) is 3.30. The highest BCUT2D eigenvalue weighted by Gasteiger charge is 2.12. The Balaban J connectivity index is 2.65. The summed E-state index contributed by atoms with van der Waals surface area (Å²) in [4.78, 5) is 22.3. The Morgan fingerprint density at radius 3 is 2.20 bits per heavy atom. The fourth-order valence-corrected chi connectivity index (χ4v) is 2.22. The summed E-state index contributed by atoms with van der Waals surface area (Å²) < 4.78 is 1.55. The Labute approximate surface area is 118 Å². The summed E-state index contributed by atoms with van der Waals surface area (Å²) in [5.74, 6) is 0.429. The average molecular weight is 272 g/mol. The van der Waals surface area contributed by atoms with Crippen LogP contribution >= 0.6 is 0 Å². The van der Waals surface area contributed by atoms with E-state index in [1.54, 1.807) is 15.8 Å². The predicted molar refractivity (Wildman–Crippen MR) is 80.7 cm³/mol. The van der Waals surface area contributed by atoms with E-state index in [-0.39, 0.29) is 5.69 Å². The molecule has 0 spiro atoms. The zero-order valence-corrected chi connectivity index (χ0v) is 12.4. The summed E-state index contributed by atoms with van der Waals surface area (Å²) in [7, 11) is 3.63. The van der Waals surface area contributed by atoms with Crippen molar-refractivity contribution in [2.24, 2.45) is 0 Å². The Bertz CT molecular complexity index is 639. The Hall–Kier alpha value is -2.17. The molecule has 1 aromatic heterocycles. The van der Waals surface area contributed by atoms with Gasteiger partial charge in [-0.1, -0.05) is 32.0 Å². The Morgan fingerprint density at radius 1 is 1.15 bits per heavy atom. The molecule has 1 heterocycles. The third-order valence-electron chi connectivity index (χ3n) is 3.30. The van der Waals surface area contributed by atoms with Gasteiger partial charge < -0.3 is 4.90 Å². The second-order valence-electron chi connectivity index (χ2n) is 4.84. The Kier molecular flexibility index (Phi) is 4.17. The fraction of sp³-hybridized carbons (Fsp3) is 0.400. The van der Waals surface area contributed by atoms with E-state index in [4.69, 9.17) is 0 Å². The summed E-state index contributed by atoms with van der Waals surface area (Å²) in [6.07, 6.45) is 3.30. The normalized spacial score (nSPS) is 10.6. The molecule has 5 nitrogen and oxygen atoms in total. The second kappa shape index (κ2) is 5.86. The lowest BCUT2D eigenvalue weighted by Crippen LogP contribution is -2.27. The van der Waals surface area contributed by atoms with Gasteiger partial charge in [0.25, 0.3) is 0 Å². The summed E-state index contributed by atoms with van der Waals surface area (Å²) >= 11 is 0. The molecule has 0 radical (unpaired) electrons. The molecule has 2 aromatic rings. The zero-order chi connectivity index (χ0) is 14.7. The number of para-hydroxylation sites is 1. The van der Waals surface area contributed by atoms with Gasteiger partial charge in [-0.25, -0.2) is 9.78 Å². The molecule has 0 fully saturated rings. The molecular weight excluding hydrogens is 252 g/mol. The number of benzene rings is 1. The first-order valence-electron chi connectivity index (χ1n) is 6.82. The van der Waals surface area contributed by atoms with Gasteiger partial charge in [0.05, 0.1) is 5.69 Å². The minimum absolute atomic E-state index is 0.292. The molecule has 0 unspecified atom stereocenters. The number of aromatic nitrogens is 3. The second-order valence-corrected chi connectivity index (χ2v) is 4.84. The molecule has 106 valence electrons. The van der Waals surface area contributed by atoms with Crippen LogP contribution in [0.15, 0.2) is 29.3 Å². The number of hydrogen-bond acceptors (Lipinski definition) is 4. The fourth-order valence-electron chi connectivity index (χ4n) is 2.22. The molecule has 0 aliphatic carbocycles. The average Bonchev–Trinajstić information content (AvgIpc) is 2.46. The van der Waals surface area contributed by atoms with Crippen molar-refractivity contribution in [2.75, 3.05) is 19.0 Å². The highest BCUT2D eigenvalue weighted by molar-refractivity contribution is 5.48. The van der Waals surface area contributed by atoms with E-state index in [2.05, 4.69) is 23.8 Å². The summed E-state index contributed by atoms with van der Waals surface area (Å²) in [5.41, 5.74) is 2.90. The van der Waals surface area contributed by atoms with Crippen LogP contribution in [0.2, 0.25) is 0 Å². The van der Waals surface area contributed by atoms with Crippen molar-refractivity contribution in [1.82, 2.24) is 14.5 Å². The van der Waals surface area contributed by atoms with Crippen LogP contribution in [-0.4, -0.2) is 28.6 Å². The number of nitrogens with zero attached hydrogens (tertiary/aromatic N) is 4. The van der Waals surface area contributed by atoms with Crippen molar-refractivity contribution in [2.45, 2.75) is 26.7 Å². The molecular formula is C15H20N4O. The van der Waals surface area contributed by atoms with E-state index in [1.807, 2.05) is 32.3 Å². The molecule has 0 bridgehead atoms. The standard InChI is InChI=1S/C15H20N4O/c1-5-11-8-7-9-12(6-2)13(11)19-10-16-14(18(3)4)17-15(19)20/h7-10H,5-6H2,1-4H3. The van der Waals surface area contributed by atoms with Crippen molar-refractivity contribution in [3.05, 3.63) is 46.1 Å². The smallest absolute Gasteiger partial charge is 0.347 e. The van der Waals surface area contributed by atoms with E-state index in [9.17, 15) is 4.79 Å². The highest BCUT2D eigenvalue weighted by atomic mass is 16.1. The van der Waals surface area contributed by atoms with Crippen molar-refractivity contribution < 1.29 is 0 Å². The summed E-state index contributed by atoms with van der Waals surface area (Å²) in [6, 6.07) is 6.11. The van der Waals surface area contributed by atoms with Crippen LogP contribution in [0.3, 0.4) is 0 Å². The van der Waals surface area contributed by atoms with E-state index in [0.29, 0.717) is 5.95 Å². The minimum Gasteiger partial charge on any atom is -0.347 e. The number of aryl methyl sites for hydroxylation is 2. The van der Waals surface area contributed by atoms with E-state index >= 15 is 0 Å². The van der Waals surface area contributed by atoms with Gasteiger partial charge in [-0.05, 0) is 24.0 Å². The maximum Gasteiger partial charge on any atom is 0.356 e. The molecule has 0 saturated carbocycles. The van der Waals surface area contributed by atoms with E-state index in [0.717, 1.165) is 29.7 Å². The van der Waals surface area contributed by atoms with Crippen LogP contribution in [-0.2, 0) is 12.8 Å². The quantitative estimate of drug-likeness (QED) is 0.852. The summed E-state index contributed by atoms with van der Waals surface area (Å²) in [5, 5.41) is 0. The van der Waals surface area contributed by atoms with Crippen LogP contribution in [0.5, 0.6) is 0 Å². The predicted octanol–water partition coefficient (Wildman–Crippen LogP) is 1.82. The van der Waals surface area contributed by atoms with Gasteiger partial charge in [0.2, 0.25) is 5.95 Å². The van der Waals surface area contributed by atoms with Crippen molar-refractivity contribution in [3.63, 3.8) is 0 Å². The first kappa shape index (κ1) is 14.2. The van der Waals surface area contributed by atoms with Crippen LogP contribution < -0.4 is 10.6 Å². The van der Waals surface area contributed by atoms with Gasteiger partial charge in [0.1, 0.15) is 6.33 Å². The van der Waals surface area contributed by atoms with Gasteiger partial charge >= 0.3 is 5.69 Å². The van der Waals surface area contributed by atoms with Crippen molar-refractivity contribution >= 4 is 5.95 Å². The third kappa shape index (κ3) is 2.57. The monoisotopic (exact) mass is 272 g/mol. The van der Waals surface area contributed by atoms with E-state index in [1.165, 1.54) is 0 Å². The highest BCUT2D eigenvalue weighted by Crippen LogP contribution is 2.19. The van der Waals surface area contributed by atoms with Gasteiger partial charge in [0, 0.05) is 14.1 Å². The SMILES string of the molecule is CCc1cccc(CC)c1-n1cnc(N(C)C)nc1=O. The van der Waals surface area contributed by atoms with Gasteiger partial charge in [-0.3, -0.25) is 4.57 Å². The number of anilines is 1. The number of hydrogen-bond donors (Lipinski definition) is 0. The molecule has 0 aliphatic heterocycles. The van der Waals surface area contributed by atoms with Crippen LogP contribution in [0.4, 0.5) is 5.95 Å². The lowest BCUT2D eigenvalue weighted by molar-refractivity contribution is 0.817. The van der Waals surface area contributed by atoms with Crippen LogP contribution in [0.25, 0.3) is 5.69 Å². The van der Waals surface area contributed by atoms with Crippen LogP contribution in [0, 0.1) is 0 Å². The van der Waals surface area contributed by atoms with Gasteiger partial charge in [-0.15, -0.1) is 0 Å². The minimum atomic E-state index is -0.292. The number of rotatable bonds is 4. The maximum absolute atomic E-state index is 12.3. The largest absolute Gasteiger partial charge is 0.356 e. The molecule has 2 rings (SSSR count). The van der Waals surface area contributed by atoms with Crippen molar-refractivity contribution in [1.29, 1.82) is 0 Å². The first-order chi connectivity index (χ1) is 9.58. The topological polar surface area (TPSA) is 51.0 Å². The molecule has 1 aromatic carbocycles. The lowest BCUT2D eigenvalue weighted by Gasteiger charge is -2.15. The zero-order valence-electron chi connectivity index (χ0n) is 12.4. The van der Waals surface area contributed by atoms with Gasteiger partial charge in [-0.2, -0.15) is 4.98 Å². The molecule has 0 aliphatic rings. The molecule has 0 atom stereocenters. The summed E-state index contributed by atoms with van der Waals surface area (Å²) in [6.45, 7) is 4.16.